The maximum atomic E-state index is 10.3. The van der Waals surface area contributed by atoms with Gasteiger partial charge in [0.1, 0.15) is 12.4 Å². The molecule has 0 aromatic heterocycles. The molecule has 1 aliphatic heterocycles. The van der Waals surface area contributed by atoms with Gasteiger partial charge in [-0.3, -0.25) is 4.79 Å². The molecule has 0 amide bonds. The van der Waals surface area contributed by atoms with Crippen molar-refractivity contribution in [1.82, 2.24) is 0 Å². The summed E-state index contributed by atoms with van der Waals surface area (Å²) in [5, 5.41) is 10.2. The summed E-state index contributed by atoms with van der Waals surface area (Å²) in [7, 11) is 0. The van der Waals surface area contributed by atoms with E-state index in [9.17, 15) is 10.0 Å². The smallest absolute Gasteiger partial charge is 0.189 e. The highest BCUT2D eigenvalue weighted by Gasteiger charge is 1.96. The first-order chi connectivity index (χ1) is 3.79. The van der Waals surface area contributed by atoms with Crippen molar-refractivity contribution in [2.45, 2.75) is 0 Å². The topological polar surface area (TPSA) is 44.6 Å². The first kappa shape index (κ1) is 5.21. The van der Waals surface area contributed by atoms with Crippen LogP contribution < -0.4 is 5.06 Å². The third-order valence-electron chi connectivity index (χ3n) is 0.824. The van der Waals surface area contributed by atoms with Crippen molar-refractivity contribution in [2.24, 2.45) is 0 Å². The van der Waals surface area contributed by atoms with Crippen molar-refractivity contribution in [2.75, 3.05) is 0 Å². The molecule has 3 nitrogen and oxygen atoms in total. The van der Waals surface area contributed by atoms with Gasteiger partial charge in [0, 0.05) is 12.2 Å². The van der Waals surface area contributed by atoms with Gasteiger partial charge in [0.2, 0.25) is 0 Å². The van der Waals surface area contributed by atoms with Crippen molar-refractivity contribution in [1.29, 1.82) is 0 Å². The summed E-state index contributed by atoms with van der Waals surface area (Å²) >= 11 is 0. The fourth-order valence-corrected chi connectivity index (χ4v) is 0.440. The molecule has 0 saturated carbocycles. The molecular formula is C5H5NO2. The summed E-state index contributed by atoms with van der Waals surface area (Å²) in [4.78, 5) is 10.3. The first-order valence-corrected chi connectivity index (χ1v) is 2.23. The van der Waals surface area contributed by atoms with Crippen LogP contribution in [0.1, 0.15) is 0 Å². The van der Waals surface area contributed by atoms with Crippen LogP contribution in [0.5, 0.6) is 0 Å². The van der Waals surface area contributed by atoms with Gasteiger partial charge in [-0.2, -0.15) is 0 Å². The fourth-order valence-electron chi connectivity index (χ4n) is 0.440. The Kier molecular flexibility index (Phi) is 1.24. The van der Waals surface area contributed by atoms with Crippen LogP contribution in [0.2, 0.25) is 0 Å². The third kappa shape index (κ3) is 1.02. The number of nitrogens with one attached hydrogen (secondary N) is 1. The normalized spacial score (nSPS) is 19.9. The zero-order valence-electron chi connectivity index (χ0n) is 4.13. The van der Waals surface area contributed by atoms with E-state index >= 15 is 0 Å². The summed E-state index contributed by atoms with van der Waals surface area (Å²) in [5.41, 5.74) is 0. The van der Waals surface area contributed by atoms with Gasteiger partial charge in [-0.15, -0.1) is 0 Å². The quantitative estimate of drug-likeness (QED) is 0.406. The van der Waals surface area contributed by atoms with Gasteiger partial charge in [0.15, 0.2) is 5.78 Å². The molecule has 1 aliphatic rings. The van der Waals surface area contributed by atoms with Crippen LogP contribution in [0.3, 0.4) is 0 Å². The third-order valence-corrected chi connectivity index (χ3v) is 0.824. The SMILES string of the molecule is O=C1C=C[NH+]([O-])C=C1. The number of hydrogen-bond donors (Lipinski definition) is 1. The predicted molar refractivity (Wildman–Crippen MR) is 27.6 cm³/mol. The number of allylic oxidation sites excluding steroid dienone is 2. The van der Waals surface area contributed by atoms with Gasteiger partial charge in [-0.1, -0.05) is 0 Å². The zero-order chi connectivity index (χ0) is 5.98. The van der Waals surface area contributed by atoms with E-state index in [1.165, 1.54) is 24.6 Å². The van der Waals surface area contributed by atoms with E-state index in [4.69, 9.17) is 0 Å². The Balaban J connectivity index is 2.68. The van der Waals surface area contributed by atoms with E-state index in [1.54, 1.807) is 0 Å². The molecular weight excluding hydrogens is 106 g/mol. The maximum absolute atomic E-state index is 10.3. The highest BCUT2D eigenvalue weighted by atomic mass is 16.5. The fraction of sp³-hybridized carbons (Fsp3) is 0. The Labute approximate surface area is 46.5 Å². The molecule has 1 heterocycles. The number of ketones is 1. The minimum atomic E-state index is -0.121. The van der Waals surface area contributed by atoms with Crippen LogP contribution in [0.4, 0.5) is 0 Å². The lowest BCUT2D eigenvalue weighted by molar-refractivity contribution is -0.730. The van der Waals surface area contributed by atoms with E-state index in [0.29, 0.717) is 0 Å². The van der Waals surface area contributed by atoms with E-state index < -0.39 is 0 Å². The minimum Gasteiger partial charge on any atom is -0.624 e. The van der Waals surface area contributed by atoms with Crippen LogP contribution in [-0.4, -0.2) is 5.78 Å². The molecule has 0 aromatic rings. The molecule has 0 bridgehead atoms. The summed E-state index contributed by atoms with van der Waals surface area (Å²) in [6.07, 6.45) is 5.01. The molecule has 1 rings (SSSR count). The van der Waals surface area contributed by atoms with Gasteiger partial charge in [-0.25, -0.2) is 0 Å². The summed E-state index contributed by atoms with van der Waals surface area (Å²) < 4.78 is 0. The van der Waals surface area contributed by atoms with Gasteiger partial charge >= 0.3 is 0 Å². The molecule has 0 aliphatic carbocycles. The highest BCUT2D eigenvalue weighted by Crippen LogP contribution is 1.78. The van der Waals surface area contributed by atoms with Crippen LogP contribution in [0.25, 0.3) is 0 Å². The molecule has 3 heteroatoms. The Bertz CT molecular complexity index is 144. The van der Waals surface area contributed by atoms with E-state index in [-0.39, 0.29) is 10.8 Å². The van der Waals surface area contributed by atoms with Gasteiger partial charge in [-0.05, 0) is 0 Å². The van der Waals surface area contributed by atoms with Crippen LogP contribution in [0.15, 0.2) is 24.6 Å². The monoisotopic (exact) mass is 111 g/mol. The van der Waals surface area contributed by atoms with Crippen molar-refractivity contribution in [3.8, 4) is 0 Å². The number of carbonyl (C=O) groups excluding carboxylic acids is 1. The van der Waals surface area contributed by atoms with Gasteiger partial charge < -0.3 is 10.3 Å². The summed E-state index contributed by atoms with van der Waals surface area (Å²) in [5.74, 6) is -0.121. The second kappa shape index (κ2) is 1.90. The molecule has 0 fully saturated rings. The van der Waals surface area contributed by atoms with Crippen LogP contribution in [0, 0.1) is 5.21 Å². The molecule has 0 atom stereocenters. The molecule has 0 aromatic carbocycles. The lowest BCUT2D eigenvalue weighted by Crippen LogP contribution is -2.97. The molecule has 0 saturated heterocycles. The van der Waals surface area contributed by atoms with Crippen LogP contribution in [-0.2, 0) is 4.79 Å². The second-order valence-corrected chi connectivity index (χ2v) is 1.47. The van der Waals surface area contributed by atoms with Gasteiger partial charge in [0.05, 0.1) is 0 Å². The average Bonchev–Trinajstić information content (AvgIpc) is 1.77. The predicted octanol–water partition coefficient (Wildman–Crippen LogP) is -1.02. The molecule has 0 unspecified atom stereocenters. The molecule has 0 spiro atoms. The standard InChI is InChI=1S/C5H5NO2/c7-5-1-3-6(8)4-2-5/h1-4,6H. The molecule has 42 valence electrons. The zero-order valence-corrected chi connectivity index (χ0v) is 4.13. The van der Waals surface area contributed by atoms with Crippen LogP contribution >= 0.6 is 0 Å². The molecule has 1 N–H and O–H groups in total. The van der Waals surface area contributed by atoms with Crippen molar-refractivity contribution < 1.29 is 9.86 Å². The molecule has 8 heavy (non-hydrogen) atoms. The van der Waals surface area contributed by atoms with Crippen molar-refractivity contribution in [3.63, 3.8) is 0 Å². The van der Waals surface area contributed by atoms with E-state index in [2.05, 4.69) is 0 Å². The minimum absolute atomic E-state index is 0.121. The Morgan fingerprint density at radius 3 is 2.25 bits per heavy atom. The summed E-state index contributed by atoms with van der Waals surface area (Å²) in [6.45, 7) is 0. The second-order valence-electron chi connectivity index (χ2n) is 1.47. The Morgan fingerprint density at radius 2 is 1.88 bits per heavy atom. The molecule has 0 radical (unpaired) electrons. The van der Waals surface area contributed by atoms with Gasteiger partial charge in [0.25, 0.3) is 0 Å². The maximum Gasteiger partial charge on any atom is 0.189 e. The number of rotatable bonds is 0. The number of carbonyl (C=O) groups is 1. The number of quaternary nitrogens is 1. The average molecular weight is 111 g/mol. The number of hydrogen-bond acceptors (Lipinski definition) is 2. The van der Waals surface area contributed by atoms with E-state index in [0.717, 1.165) is 0 Å². The van der Waals surface area contributed by atoms with E-state index in [1.807, 2.05) is 0 Å². The lowest BCUT2D eigenvalue weighted by Gasteiger charge is -2.11. The number of hydroxylamine groups is 2. The highest BCUT2D eigenvalue weighted by molar-refractivity contribution is 5.99. The Hall–Kier alpha value is -0.930. The van der Waals surface area contributed by atoms with Crippen molar-refractivity contribution >= 4 is 5.78 Å². The summed E-state index contributed by atoms with van der Waals surface area (Å²) in [6, 6.07) is 0. The first-order valence-electron chi connectivity index (χ1n) is 2.23. The largest absolute Gasteiger partial charge is 0.624 e. The van der Waals surface area contributed by atoms with Crippen molar-refractivity contribution in [3.05, 3.63) is 29.8 Å². The Morgan fingerprint density at radius 1 is 1.38 bits per heavy atom. The lowest BCUT2D eigenvalue weighted by atomic mass is 10.3.